The molecule has 0 atom stereocenters. The van der Waals surface area contributed by atoms with Crippen LogP contribution in [0.15, 0.2) is 133 Å². The fourth-order valence-electron chi connectivity index (χ4n) is 5.64. The SMILES string of the molecule is Clc1cccc2sc3cc(N(c4ccc(-c5ccccc5)cc4)c4ccc5c(c4)sc4ccccc45)ccc3c12. The molecule has 2 heterocycles. The predicted octanol–water partition coefficient (Wildman–Crippen LogP) is 12.2. The maximum Gasteiger partial charge on any atom is 0.0499 e. The van der Waals surface area contributed by atoms with Gasteiger partial charge in [0.25, 0.3) is 0 Å². The normalized spacial score (nSPS) is 11.6. The summed E-state index contributed by atoms with van der Waals surface area (Å²) >= 11 is 10.3. The second kappa shape index (κ2) is 9.50. The molecular formula is C36H22ClNS2. The minimum absolute atomic E-state index is 0.806. The predicted molar refractivity (Wildman–Crippen MR) is 177 cm³/mol. The first kappa shape index (κ1) is 23.7. The highest BCUT2D eigenvalue weighted by Crippen LogP contribution is 2.44. The van der Waals surface area contributed by atoms with Crippen molar-refractivity contribution in [2.24, 2.45) is 0 Å². The summed E-state index contributed by atoms with van der Waals surface area (Å²) in [5, 5.41) is 5.77. The molecule has 1 nitrogen and oxygen atoms in total. The van der Waals surface area contributed by atoms with Crippen molar-refractivity contribution in [3.8, 4) is 11.1 Å². The summed E-state index contributed by atoms with van der Waals surface area (Å²) in [5.41, 5.74) is 5.82. The number of anilines is 3. The topological polar surface area (TPSA) is 3.24 Å². The van der Waals surface area contributed by atoms with Gasteiger partial charge in [-0.05, 0) is 65.7 Å². The summed E-state index contributed by atoms with van der Waals surface area (Å²) in [6.07, 6.45) is 0. The first-order valence-corrected chi connectivity index (χ1v) is 15.2. The van der Waals surface area contributed by atoms with Crippen LogP contribution in [0.2, 0.25) is 5.02 Å². The van der Waals surface area contributed by atoms with Crippen LogP contribution in [0.3, 0.4) is 0 Å². The van der Waals surface area contributed by atoms with Gasteiger partial charge in [0.1, 0.15) is 0 Å². The van der Waals surface area contributed by atoms with Crippen LogP contribution >= 0.6 is 34.3 Å². The largest absolute Gasteiger partial charge is 0.310 e. The summed E-state index contributed by atoms with van der Waals surface area (Å²) in [5.74, 6) is 0. The fraction of sp³-hybridized carbons (Fsp3) is 0. The minimum Gasteiger partial charge on any atom is -0.310 e. The van der Waals surface area contributed by atoms with Crippen molar-refractivity contribution in [2.45, 2.75) is 0 Å². The number of rotatable bonds is 4. The highest BCUT2D eigenvalue weighted by atomic mass is 35.5. The van der Waals surface area contributed by atoms with E-state index in [1.165, 1.54) is 46.1 Å². The van der Waals surface area contributed by atoms with Gasteiger partial charge in [-0.2, -0.15) is 0 Å². The van der Waals surface area contributed by atoms with Crippen LogP contribution in [-0.4, -0.2) is 0 Å². The van der Waals surface area contributed by atoms with Gasteiger partial charge in [-0.15, -0.1) is 22.7 Å². The Kier molecular flexibility index (Phi) is 5.63. The molecule has 0 unspecified atom stereocenters. The lowest BCUT2D eigenvalue weighted by Crippen LogP contribution is -2.09. The third kappa shape index (κ3) is 3.89. The van der Waals surface area contributed by atoms with Crippen molar-refractivity contribution < 1.29 is 0 Å². The number of nitrogens with zero attached hydrogens (tertiary/aromatic N) is 1. The van der Waals surface area contributed by atoms with Gasteiger partial charge >= 0.3 is 0 Å². The van der Waals surface area contributed by atoms with Crippen LogP contribution in [0.25, 0.3) is 51.5 Å². The fourth-order valence-corrected chi connectivity index (χ4v) is 8.28. The number of fused-ring (bicyclic) bond motifs is 6. The number of hydrogen-bond donors (Lipinski definition) is 0. The number of hydrogen-bond acceptors (Lipinski definition) is 3. The molecule has 8 rings (SSSR count). The van der Waals surface area contributed by atoms with E-state index in [1.807, 2.05) is 23.5 Å². The van der Waals surface area contributed by atoms with Gasteiger partial charge in [0.05, 0.1) is 0 Å². The monoisotopic (exact) mass is 567 g/mol. The molecule has 0 N–H and O–H groups in total. The van der Waals surface area contributed by atoms with E-state index in [0.29, 0.717) is 0 Å². The number of thiophene rings is 2. The van der Waals surface area contributed by atoms with Crippen molar-refractivity contribution >= 4 is 91.7 Å². The van der Waals surface area contributed by atoms with E-state index < -0.39 is 0 Å². The molecule has 190 valence electrons. The lowest BCUT2D eigenvalue weighted by Gasteiger charge is -2.26. The summed E-state index contributed by atoms with van der Waals surface area (Å²) in [7, 11) is 0. The second-order valence-corrected chi connectivity index (χ2v) is 12.5. The van der Waals surface area contributed by atoms with Gasteiger partial charge in [-0.1, -0.05) is 90.5 Å². The average molecular weight is 568 g/mol. The van der Waals surface area contributed by atoms with Crippen molar-refractivity contribution in [3.05, 3.63) is 138 Å². The first-order valence-electron chi connectivity index (χ1n) is 13.2. The van der Waals surface area contributed by atoms with Crippen LogP contribution in [0.1, 0.15) is 0 Å². The van der Waals surface area contributed by atoms with Crippen LogP contribution < -0.4 is 4.90 Å². The molecule has 0 aliphatic heterocycles. The van der Waals surface area contributed by atoms with Crippen molar-refractivity contribution in [2.75, 3.05) is 4.90 Å². The number of halogens is 1. The van der Waals surface area contributed by atoms with Crippen LogP contribution in [0.5, 0.6) is 0 Å². The molecule has 0 saturated heterocycles. The molecule has 0 saturated carbocycles. The summed E-state index contributed by atoms with van der Waals surface area (Å²) < 4.78 is 5.05. The highest BCUT2D eigenvalue weighted by Gasteiger charge is 2.17. The number of benzene rings is 6. The molecule has 0 aliphatic rings. The molecule has 2 aromatic heterocycles. The van der Waals surface area contributed by atoms with E-state index in [0.717, 1.165) is 27.5 Å². The minimum atomic E-state index is 0.806. The molecule has 0 amide bonds. The Balaban J connectivity index is 1.31. The molecule has 40 heavy (non-hydrogen) atoms. The molecule has 0 spiro atoms. The van der Waals surface area contributed by atoms with E-state index >= 15 is 0 Å². The van der Waals surface area contributed by atoms with Crippen molar-refractivity contribution in [3.63, 3.8) is 0 Å². The zero-order chi connectivity index (χ0) is 26.6. The third-order valence-electron chi connectivity index (χ3n) is 7.54. The molecule has 0 radical (unpaired) electrons. The van der Waals surface area contributed by atoms with Gasteiger partial charge < -0.3 is 4.90 Å². The zero-order valence-corrected chi connectivity index (χ0v) is 23.7. The van der Waals surface area contributed by atoms with Crippen LogP contribution in [0, 0.1) is 0 Å². The van der Waals surface area contributed by atoms with Gasteiger partial charge in [-0.3, -0.25) is 0 Å². The highest BCUT2D eigenvalue weighted by molar-refractivity contribution is 7.26. The molecule has 0 aliphatic carbocycles. The van der Waals surface area contributed by atoms with E-state index in [1.54, 1.807) is 11.3 Å². The van der Waals surface area contributed by atoms with Gasteiger partial charge in [0.2, 0.25) is 0 Å². The van der Waals surface area contributed by atoms with E-state index in [4.69, 9.17) is 11.6 Å². The lowest BCUT2D eigenvalue weighted by molar-refractivity contribution is 1.30. The van der Waals surface area contributed by atoms with Gasteiger partial charge in [-0.25, -0.2) is 0 Å². The second-order valence-electron chi connectivity index (χ2n) is 9.92. The maximum absolute atomic E-state index is 6.62. The molecule has 6 aromatic carbocycles. The Morgan fingerprint density at radius 3 is 1.80 bits per heavy atom. The molecule has 0 fully saturated rings. The molecule has 8 aromatic rings. The van der Waals surface area contributed by atoms with Crippen LogP contribution in [-0.2, 0) is 0 Å². The quantitative estimate of drug-likeness (QED) is 0.204. The molecule has 4 heteroatoms. The van der Waals surface area contributed by atoms with E-state index in [-0.39, 0.29) is 0 Å². The Labute approximate surface area is 245 Å². The summed E-state index contributed by atoms with van der Waals surface area (Å²) in [4.78, 5) is 2.37. The Morgan fingerprint density at radius 2 is 1.00 bits per heavy atom. The van der Waals surface area contributed by atoms with Crippen molar-refractivity contribution in [1.82, 2.24) is 0 Å². The standard InChI is InChI=1S/C36H22ClNS2/c37-31-10-6-12-33-36(31)30-20-18-27(22-35(30)40-33)38(25-15-13-24(14-16-25)23-7-2-1-3-8-23)26-17-19-29-28-9-4-5-11-32(28)39-34(29)21-26/h1-22H. The first-order chi connectivity index (χ1) is 19.7. The molecular weight excluding hydrogens is 546 g/mol. The molecule has 0 bridgehead atoms. The third-order valence-corrected chi connectivity index (χ3v) is 10.1. The maximum atomic E-state index is 6.62. The van der Waals surface area contributed by atoms with Gasteiger partial charge in [0, 0.05) is 62.4 Å². The van der Waals surface area contributed by atoms with Crippen molar-refractivity contribution in [1.29, 1.82) is 0 Å². The zero-order valence-electron chi connectivity index (χ0n) is 21.3. The van der Waals surface area contributed by atoms with Crippen LogP contribution in [0.4, 0.5) is 17.1 Å². The van der Waals surface area contributed by atoms with E-state index in [9.17, 15) is 0 Å². The van der Waals surface area contributed by atoms with Gasteiger partial charge in [0.15, 0.2) is 0 Å². The Bertz CT molecular complexity index is 2180. The Morgan fingerprint density at radius 1 is 0.425 bits per heavy atom. The smallest absolute Gasteiger partial charge is 0.0499 e. The summed E-state index contributed by atoms with van der Waals surface area (Å²) in [6.45, 7) is 0. The lowest BCUT2D eigenvalue weighted by atomic mass is 10.0. The average Bonchev–Trinajstić information content (AvgIpc) is 3.56. The summed E-state index contributed by atoms with van der Waals surface area (Å²) in [6, 6.07) is 47.8. The Hall–Kier alpha value is -4.15. The van der Waals surface area contributed by atoms with E-state index in [2.05, 4.69) is 126 Å².